The number of pyridine rings is 1. The predicted molar refractivity (Wildman–Crippen MR) is 65.1 cm³/mol. The summed E-state index contributed by atoms with van der Waals surface area (Å²) in [6.45, 7) is 1.97. The standard InChI is InChI=1S/C12H14N4/c13-11-8-16-7-1-2-10(12(16)15-11)9-3-5-14-6-4-9/h1-3,7-8,14H,4-6,13H2. The number of fused-ring (bicyclic) bond motifs is 1. The minimum absolute atomic E-state index is 0.571. The van der Waals surface area contributed by atoms with Crippen molar-refractivity contribution in [3.63, 3.8) is 0 Å². The van der Waals surface area contributed by atoms with Gasteiger partial charge in [-0.1, -0.05) is 6.08 Å². The van der Waals surface area contributed by atoms with Crippen molar-refractivity contribution in [1.82, 2.24) is 14.7 Å². The normalized spacial score (nSPS) is 16.4. The summed E-state index contributed by atoms with van der Waals surface area (Å²) >= 11 is 0. The number of anilines is 1. The molecule has 0 saturated heterocycles. The Bertz CT molecular complexity index is 553. The number of nitrogens with one attached hydrogen (secondary N) is 1. The quantitative estimate of drug-likeness (QED) is 0.752. The zero-order valence-corrected chi connectivity index (χ0v) is 8.98. The number of hydrogen-bond donors (Lipinski definition) is 2. The molecule has 3 rings (SSSR count). The predicted octanol–water partition coefficient (Wildman–Crippen LogP) is 1.29. The molecule has 1 aliphatic heterocycles. The van der Waals surface area contributed by atoms with Crippen LogP contribution in [0.3, 0.4) is 0 Å². The van der Waals surface area contributed by atoms with Crippen molar-refractivity contribution in [2.75, 3.05) is 18.8 Å². The van der Waals surface area contributed by atoms with E-state index in [0.717, 1.165) is 25.2 Å². The number of hydrogen-bond acceptors (Lipinski definition) is 3. The Morgan fingerprint density at radius 3 is 3.19 bits per heavy atom. The van der Waals surface area contributed by atoms with Crippen molar-refractivity contribution in [3.05, 3.63) is 36.2 Å². The molecule has 0 radical (unpaired) electrons. The summed E-state index contributed by atoms with van der Waals surface area (Å²) in [7, 11) is 0. The molecule has 1 aliphatic rings. The zero-order valence-electron chi connectivity index (χ0n) is 8.98. The van der Waals surface area contributed by atoms with Crippen LogP contribution in [-0.4, -0.2) is 22.5 Å². The zero-order chi connectivity index (χ0) is 11.0. The Balaban J connectivity index is 2.18. The number of nitrogens with two attached hydrogens (primary N) is 1. The van der Waals surface area contributed by atoms with E-state index in [1.165, 1.54) is 11.1 Å². The molecule has 0 saturated carbocycles. The van der Waals surface area contributed by atoms with Gasteiger partial charge in [-0.15, -0.1) is 0 Å². The topological polar surface area (TPSA) is 55.4 Å². The Hall–Kier alpha value is -1.81. The molecule has 2 aromatic rings. The number of nitrogen functional groups attached to an aromatic ring is 1. The van der Waals surface area contributed by atoms with E-state index in [0.29, 0.717) is 5.82 Å². The first-order chi connectivity index (χ1) is 7.84. The molecule has 4 heteroatoms. The molecule has 16 heavy (non-hydrogen) atoms. The molecule has 0 atom stereocenters. The van der Waals surface area contributed by atoms with Crippen molar-refractivity contribution < 1.29 is 0 Å². The van der Waals surface area contributed by atoms with E-state index in [4.69, 9.17) is 5.73 Å². The van der Waals surface area contributed by atoms with Crippen LogP contribution in [0.25, 0.3) is 11.2 Å². The van der Waals surface area contributed by atoms with E-state index in [-0.39, 0.29) is 0 Å². The minimum atomic E-state index is 0.571. The lowest BCUT2D eigenvalue weighted by atomic mass is 10.0. The lowest BCUT2D eigenvalue weighted by molar-refractivity contribution is 0.738. The highest BCUT2D eigenvalue weighted by Gasteiger charge is 2.10. The van der Waals surface area contributed by atoms with Crippen LogP contribution in [0.2, 0.25) is 0 Å². The Morgan fingerprint density at radius 1 is 1.44 bits per heavy atom. The van der Waals surface area contributed by atoms with Gasteiger partial charge < -0.3 is 15.5 Å². The molecule has 0 aliphatic carbocycles. The van der Waals surface area contributed by atoms with Crippen LogP contribution in [0, 0.1) is 0 Å². The van der Waals surface area contributed by atoms with Gasteiger partial charge in [0.2, 0.25) is 0 Å². The van der Waals surface area contributed by atoms with Gasteiger partial charge in [0, 0.05) is 18.3 Å². The van der Waals surface area contributed by atoms with Crippen molar-refractivity contribution in [1.29, 1.82) is 0 Å². The summed E-state index contributed by atoms with van der Waals surface area (Å²) in [6.07, 6.45) is 7.10. The molecule has 82 valence electrons. The fourth-order valence-corrected chi connectivity index (χ4v) is 2.15. The molecule has 0 bridgehead atoms. The maximum atomic E-state index is 5.73. The first-order valence-corrected chi connectivity index (χ1v) is 5.48. The van der Waals surface area contributed by atoms with Gasteiger partial charge >= 0.3 is 0 Å². The number of rotatable bonds is 1. The molecule has 3 heterocycles. The van der Waals surface area contributed by atoms with E-state index in [1.54, 1.807) is 0 Å². The second kappa shape index (κ2) is 3.64. The highest BCUT2D eigenvalue weighted by molar-refractivity contribution is 5.77. The second-order valence-corrected chi connectivity index (χ2v) is 4.00. The number of aromatic nitrogens is 2. The van der Waals surface area contributed by atoms with E-state index < -0.39 is 0 Å². The van der Waals surface area contributed by atoms with E-state index in [9.17, 15) is 0 Å². The first-order valence-electron chi connectivity index (χ1n) is 5.48. The monoisotopic (exact) mass is 214 g/mol. The molecule has 0 aromatic carbocycles. The number of imidazole rings is 1. The smallest absolute Gasteiger partial charge is 0.146 e. The van der Waals surface area contributed by atoms with E-state index >= 15 is 0 Å². The van der Waals surface area contributed by atoms with Crippen molar-refractivity contribution in [2.24, 2.45) is 0 Å². The summed E-state index contributed by atoms with van der Waals surface area (Å²) in [5.74, 6) is 0.571. The Kier molecular flexibility index (Phi) is 2.15. The molecule has 0 unspecified atom stereocenters. The maximum Gasteiger partial charge on any atom is 0.146 e. The average Bonchev–Trinajstić information content (AvgIpc) is 2.70. The van der Waals surface area contributed by atoms with Gasteiger partial charge in [-0.2, -0.15) is 0 Å². The van der Waals surface area contributed by atoms with E-state index in [2.05, 4.69) is 22.4 Å². The second-order valence-electron chi connectivity index (χ2n) is 4.00. The summed E-state index contributed by atoms with van der Waals surface area (Å²) < 4.78 is 1.98. The summed E-state index contributed by atoms with van der Waals surface area (Å²) in [6, 6.07) is 4.14. The Morgan fingerprint density at radius 2 is 2.38 bits per heavy atom. The van der Waals surface area contributed by atoms with Crippen molar-refractivity contribution >= 4 is 17.0 Å². The van der Waals surface area contributed by atoms with Gasteiger partial charge in [0.25, 0.3) is 0 Å². The summed E-state index contributed by atoms with van der Waals surface area (Å²) in [5.41, 5.74) is 9.23. The minimum Gasteiger partial charge on any atom is -0.382 e. The lowest BCUT2D eigenvalue weighted by Gasteiger charge is -2.14. The van der Waals surface area contributed by atoms with Gasteiger partial charge in [0.05, 0.1) is 6.20 Å². The Labute approximate surface area is 93.8 Å². The largest absolute Gasteiger partial charge is 0.382 e. The third-order valence-electron chi connectivity index (χ3n) is 2.91. The van der Waals surface area contributed by atoms with Crippen LogP contribution in [0.5, 0.6) is 0 Å². The van der Waals surface area contributed by atoms with Crippen LogP contribution in [-0.2, 0) is 0 Å². The molecule has 0 spiro atoms. The first kappa shape index (κ1) is 9.42. The third-order valence-corrected chi connectivity index (χ3v) is 2.91. The molecule has 4 nitrogen and oxygen atoms in total. The third kappa shape index (κ3) is 1.47. The molecular formula is C12H14N4. The van der Waals surface area contributed by atoms with Crippen LogP contribution < -0.4 is 11.1 Å². The van der Waals surface area contributed by atoms with Crippen LogP contribution in [0.1, 0.15) is 12.0 Å². The van der Waals surface area contributed by atoms with E-state index in [1.807, 2.05) is 22.9 Å². The SMILES string of the molecule is Nc1cn2cccc(C3=CCNCC3)c2n1. The summed E-state index contributed by atoms with van der Waals surface area (Å²) in [5, 5.41) is 3.31. The van der Waals surface area contributed by atoms with Crippen molar-refractivity contribution in [2.45, 2.75) is 6.42 Å². The van der Waals surface area contributed by atoms with Gasteiger partial charge in [-0.05, 0) is 30.7 Å². The fourth-order valence-electron chi connectivity index (χ4n) is 2.15. The lowest BCUT2D eigenvalue weighted by Crippen LogP contribution is -2.20. The van der Waals surface area contributed by atoms with Gasteiger partial charge in [-0.3, -0.25) is 0 Å². The molecule has 3 N–H and O–H groups in total. The van der Waals surface area contributed by atoms with Gasteiger partial charge in [0.1, 0.15) is 11.5 Å². The van der Waals surface area contributed by atoms with Crippen LogP contribution in [0.4, 0.5) is 5.82 Å². The number of nitrogens with zero attached hydrogens (tertiary/aromatic N) is 2. The fraction of sp³-hybridized carbons (Fsp3) is 0.250. The highest BCUT2D eigenvalue weighted by Crippen LogP contribution is 2.24. The summed E-state index contributed by atoms with van der Waals surface area (Å²) in [4.78, 5) is 4.37. The van der Waals surface area contributed by atoms with Gasteiger partial charge in [-0.25, -0.2) is 4.98 Å². The highest BCUT2D eigenvalue weighted by atomic mass is 15.0. The molecule has 0 fully saturated rings. The van der Waals surface area contributed by atoms with Crippen molar-refractivity contribution in [3.8, 4) is 0 Å². The van der Waals surface area contributed by atoms with Crippen LogP contribution >= 0.6 is 0 Å². The average molecular weight is 214 g/mol. The molecule has 2 aromatic heterocycles. The van der Waals surface area contributed by atoms with Gasteiger partial charge in [0.15, 0.2) is 0 Å². The van der Waals surface area contributed by atoms with Crippen LogP contribution in [0.15, 0.2) is 30.6 Å². The molecule has 0 amide bonds. The maximum absolute atomic E-state index is 5.73. The molecular weight excluding hydrogens is 200 g/mol.